The summed E-state index contributed by atoms with van der Waals surface area (Å²) in [6.45, 7) is 0. The second-order valence-electron chi connectivity index (χ2n) is 14.9. The standard InChI is InChI=1S/C56H37NO/c1-2-11-38(12-3-1)40-27-32-46(33-28-40)57(47-34-29-41(30-35-47)39-21-23-43(24-22-39)49-18-10-14-42-13-4-5-15-48(42)49)54-19-8-6-16-50(54)45-26-25-44-31-36-52-51-17-7-9-20-55(51)58-56(52)53(44)37-45/h1-37H. The van der Waals surface area contributed by atoms with E-state index >= 15 is 0 Å². The van der Waals surface area contributed by atoms with Gasteiger partial charge in [-0.2, -0.15) is 0 Å². The first-order valence-electron chi connectivity index (χ1n) is 19.8. The molecule has 0 fully saturated rings. The fourth-order valence-corrected chi connectivity index (χ4v) is 8.57. The van der Waals surface area contributed by atoms with Crippen LogP contribution in [0.3, 0.4) is 0 Å². The van der Waals surface area contributed by atoms with Crippen LogP contribution in [0.5, 0.6) is 0 Å². The van der Waals surface area contributed by atoms with Crippen LogP contribution in [0.4, 0.5) is 17.1 Å². The topological polar surface area (TPSA) is 16.4 Å². The summed E-state index contributed by atoms with van der Waals surface area (Å²) in [5.74, 6) is 0. The molecule has 2 heteroatoms. The molecule has 0 aliphatic heterocycles. The Bertz CT molecular complexity index is 3250. The molecule has 0 aliphatic rings. The average molecular weight is 740 g/mol. The Hall–Kier alpha value is -7.68. The Balaban J connectivity index is 1.00. The number of hydrogen-bond donors (Lipinski definition) is 0. The molecule has 0 saturated heterocycles. The Morgan fingerprint density at radius 2 is 0.810 bits per heavy atom. The zero-order valence-electron chi connectivity index (χ0n) is 31.7. The van der Waals surface area contributed by atoms with Crippen LogP contribution in [-0.4, -0.2) is 0 Å². The minimum absolute atomic E-state index is 0.908. The Kier molecular flexibility index (Phi) is 8.19. The SMILES string of the molecule is c1ccc(-c2ccc(N(c3ccc(-c4ccc(-c5cccc6ccccc56)cc4)cc3)c3ccccc3-c3ccc4ccc5c6ccccc6oc5c4c3)cc2)cc1. The molecule has 0 bridgehead atoms. The van der Waals surface area contributed by atoms with Gasteiger partial charge >= 0.3 is 0 Å². The average Bonchev–Trinajstić information content (AvgIpc) is 3.69. The molecule has 0 atom stereocenters. The van der Waals surface area contributed by atoms with Crippen molar-refractivity contribution in [1.82, 2.24) is 0 Å². The predicted octanol–water partition coefficient (Wildman–Crippen LogP) is 16.0. The lowest BCUT2D eigenvalue weighted by molar-refractivity contribution is 0.672. The fraction of sp³-hybridized carbons (Fsp3) is 0. The molecular formula is C56H37NO. The van der Waals surface area contributed by atoms with Gasteiger partial charge in [0.05, 0.1) is 5.69 Å². The van der Waals surface area contributed by atoms with Gasteiger partial charge in [-0.1, -0.05) is 176 Å². The van der Waals surface area contributed by atoms with E-state index in [0.717, 1.165) is 60.9 Å². The summed E-state index contributed by atoms with van der Waals surface area (Å²) in [7, 11) is 0. The van der Waals surface area contributed by atoms with Crippen LogP contribution in [-0.2, 0) is 0 Å². The van der Waals surface area contributed by atoms with Gasteiger partial charge in [0.25, 0.3) is 0 Å². The molecule has 272 valence electrons. The van der Waals surface area contributed by atoms with Crippen LogP contribution >= 0.6 is 0 Å². The van der Waals surface area contributed by atoms with Crippen molar-refractivity contribution in [2.45, 2.75) is 0 Å². The van der Waals surface area contributed by atoms with Crippen molar-refractivity contribution in [3.63, 3.8) is 0 Å². The van der Waals surface area contributed by atoms with Crippen molar-refractivity contribution in [3.8, 4) is 44.5 Å². The van der Waals surface area contributed by atoms with Crippen molar-refractivity contribution < 1.29 is 4.42 Å². The number of furan rings is 1. The predicted molar refractivity (Wildman–Crippen MR) is 245 cm³/mol. The van der Waals surface area contributed by atoms with Crippen LogP contribution < -0.4 is 4.90 Å². The van der Waals surface area contributed by atoms with E-state index in [1.54, 1.807) is 0 Å². The summed E-state index contributed by atoms with van der Waals surface area (Å²) >= 11 is 0. The molecule has 0 radical (unpaired) electrons. The summed E-state index contributed by atoms with van der Waals surface area (Å²) in [6, 6.07) is 80.7. The van der Waals surface area contributed by atoms with Crippen LogP contribution in [0.1, 0.15) is 0 Å². The maximum absolute atomic E-state index is 6.50. The molecule has 0 N–H and O–H groups in total. The molecule has 0 amide bonds. The van der Waals surface area contributed by atoms with Crippen molar-refractivity contribution in [3.05, 3.63) is 224 Å². The minimum Gasteiger partial charge on any atom is -0.455 e. The molecule has 10 aromatic carbocycles. The van der Waals surface area contributed by atoms with Crippen molar-refractivity contribution >= 4 is 60.5 Å². The van der Waals surface area contributed by atoms with Gasteiger partial charge in [-0.25, -0.2) is 0 Å². The number of fused-ring (bicyclic) bond motifs is 6. The molecular weight excluding hydrogens is 703 g/mol. The van der Waals surface area contributed by atoms with E-state index in [9.17, 15) is 0 Å². The normalized spacial score (nSPS) is 11.4. The summed E-state index contributed by atoms with van der Waals surface area (Å²) in [5, 5.41) is 7.06. The Morgan fingerprint density at radius 3 is 1.57 bits per heavy atom. The third-order valence-corrected chi connectivity index (χ3v) is 11.5. The quantitative estimate of drug-likeness (QED) is 0.162. The molecule has 1 heterocycles. The van der Waals surface area contributed by atoms with Gasteiger partial charge in [0.15, 0.2) is 0 Å². The van der Waals surface area contributed by atoms with E-state index in [-0.39, 0.29) is 0 Å². The third-order valence-electron chi connectivity index (χ3n) is 11.5. The van der Waals surface area contributed by atoms with Crippen LogP contribution in [0, 0.1) is 0 Å². The molecule has 2 nitrogen and oxygen atoms in total. The van der Waals surface area contributed by atoms with Gasteiger partial charge in [-0.3, -0.25) is 0 Å². The monoisotopic (exact) mass is 739 g/mol. The fourth-order valence-electron chi connectivity index (χ4n) is 8.57. The largest absolute Gasteiger partial charge is 0.455 e. The highest BCUT2D eigenvalue weighted by Gasteiger charge is 2.19. The number of nitrogens with zero attached hydrogens (tertiary/aromatic N) is 1. The van der Waals surface area contributed by atoms with Crippen LogP contribution in [0.25, 0.3) is 88.0 Å². The van der Waals surface area contributed by atoms with E-state index in [0.29, 0.717) is 0 Å². The smallest absolute Gasteiger partial charge is 0.143 e. The van der Waals surface area contributed by atoms with Crippen molar-refractivity contribution in [2.24, 2.45) is 0 Å². The van der Waals surface area contributed by atoms with Crippen molar-refractivity contribution in [2.75, 3.05) is 4.90 Å². The Morgan fingerprint density at radius 1 is 0.293 bits per heavy atom. The van der Waals surface area contributed by atoms with Gasteiger partial charge in [0, 0.05) is 33.1 Å². The lowest BCUT2D eigenvalue weighted by Crippen LogP contribution is -2.11. The van der Waals surface area contributed by atoms with Crippen molar-refractivity contribution in [1.29, 1.82) is 0 Å². The van der Waals surface area contributed by atoms with Gasteiger partial charge in [0.2, 0.25) is 0 Å². The number of anilines is 3. The molecule has 0 aliphatic carbocycles. The van der Waals surface area contributed by atoms with E-state index in [2.05, 4.69) is 217 Å². The first-order valence-corrected chi connectivity index (χ1v) is 19.8. The first kappa shape index (κ1) is 33.6. The minimum atomic E-state index is 0.908. The second-order valence-corrected chi connectivity index (χ2v) is 14.9. The van der Waals surface area contributed by atoms with E-state index in [1.165, 1.54) is 44.2 Å². The summed E-state index contributed by atoms with van der Waals surface area (Å²) < 4.78 is 6.50. The van der Waals surface area contributed by atoms with E-state index < -0.39 is 0 Å². The number of rotatable bonds is 7. The number of hydrogen-bond acceptors (Lipinski definition) is 2. The maximum atomic E-state index is 6.50. The van der Waals surface area contributed by atoms with Crippen LogP contribution in [0.2, 0.25) is 0 Å². The highest BCUT2D eigenvalue weighted by Crippen LogP contribution is 2.43. The molecule has 1 aromatic heterocycles. The number of benzene rings is 10. The highest BCUT2D eigenvalue weighted by molar-refractivity contribution is 6.15. The van der Waals surface area contributed by atoms with E-state index in [4.69, 9.17) is 4.42 Å². The molecule has 0 unspecified atom stereocenters. The van der Waals surface area contributed by atoms with Gasteiger partial charge in [-0.15, -0.1) is 0 Å². The van der Waals surface area contributed by atoms with Gasteiger partial charge in [0.1, 0.15) is 11.2 Å². The summed E-state index contributed by atoms with van der Waals surface area (Å²) in [5.41, 5.74) is 14.6. The summed E-state index contributed by atoms with van der Waals surface area (Å²) in [4.78, 5) is 2.38. The van der Waals surface area contributed by atoms with Gasteiger partial charge < -0.3 is 9.32 Å². The van der Waals surface area contributed by atoms with Crippen LogP contribution in [0.15, 0.2) is 229 Å². The first-order chi connectivity index (χ1) is 28.7. The number of para-hydroxylation sites is 2. The second kappa shape index (κ2) is 14.1. The molecule has 0 spiro atoms. The lowest BCUT2D eigenvalue weighted by Gasteiger charge is -2.28. The molecule has 0 saturated carbocycles. The zero-order valence-corrected chi connectivity index (χ0v) is 31.7. The van der Waals surface area contributed by atoms with E-state index in [1.807, 2.05) is 12.1 Å². The molecule has 11 aromatic rings. The highest BCUT2D eigenvalue weighted by atomic mass is 16.3. The maximum Gasteiger partial charge on any atom is 0.143 e. The summed E-state index contributed by atoms with van der Waals surface area (Å²) in [6.07, 6.45) is 0. The molecule has 58 heavy (non-hydrogen) atoms. The molecule has 11 rings (SSSR count). The Labute approximate surface area is 337 Å². The van der Waals surface area contributed by atoms with Gasteiger partial charge in [-0.05, 0) is 104 Å². The zero-order chi connectivity index (χ0) is 38.4. The lowest BCUT2D eigenvalue weighted by atomic mass is 9.96. The third kappa shape index (κ3) is 5.91.